The van der Waals surface area contributed by atoms with Gasteiger partial charge in [-0.1, -0.05) is 16.8 Å². The van der Waals surface area contributed by atoms with Crippen LogP contribution in [0.15, 0.2) is 53.7 Å². The highest BCUT2D eigenvalue weighted by Crippen LogP contribution is 2.30. The molecule has 0 aliphatic rings. The molecule has 0 spiro atoms. The SMILES string of the molecule is Cc1nn(C)c(Oc2ccc(F)cc2)c1/C=N\OCc1c(Cl)c(-c2ccc(F)cc2)nn1C. The van der Waals surface area contributed by atoms with Crippen LogP contribution < -0.4 is 4.74 Å². The molecular formula is C23H20ClF2N5O2. The summed E-state index contributed by atoms with van der Waals surface area (Å²) in [7, 11) is 3.47. The van der Waals surface area contributed by atoms with E-state index >= 15 is 0 Å². The Hall–Kier alpha value is -3.72. The first-order valence-corrected chi connectivity index (χ1v) is 10.3. The van der Waals surface area contributed by atoms with Crippen LogP contribution >= 0.6 is 11.6 Å². The molecule has 0 radical (unpaired) electrons. The second-order valence-corrected chi connectivity index (χ2v) is 7.61. The Morgan fingerprint density at radius 2 is 1.61 bits per heavy atom. The molecule has 0 unspecified atom stereocenters. The highest BCUT2D eigenvalue weighted by molar-refractivity contribution is 6.33. The van der Waals surface area contributed by atoms with E-state index in [4.69, 9.17) is 21.2 Å². The summed E-state index contributed by atoms with van der Waals surface area (Å²) in [5.74, 6) is 0.209. The second kappa shape index (κ2) is 9.41. The zero-order valence-corrected chi connectivity index (χ0v) is 18.8. The zero-order valence-electron chi connectivity index (χ0n) is 18.1. The van der Waals surface area contributed by atoms with E-state index in [9.17, 15) is 8.78 Å². The molecule has 0 saturated heterocycles. The number of rotatable bonds is 7. The van der Waals surface area contributed by atoms with Gasteiger partial charge in [-0.3, -0.25) is 4.68 Å². The van der Waals surface area contributed by atoms with E-state index in [0.717, 1.165) is 0 Å². The third-order valence-corrected chi connectivity index (χ3v) is 5.32. The molecule has 4 aromatic rings. The molecule has 0 fully saturated rings. The Balaban J connectivity index is 1.48. The predicted octanol–water partition coefficient (Wildman–Crippen LogP) is 5.40. The lowest BCUT2D eigenvalue weighted by Crippen LogP contribution is -2.00. The molecule has 2 aromatic heterocycles. The van der Waals surface area contributed by atoms with E-state index in [1.165, 1.54) is 42.6 Å². The molecule has 7 nitrogen and oxygen atoms in total. The summed E-state index contributed by atoms with van der Waals surface area (Å²) in [5.41, 5.74) is 3.13. The van der Waals surface area contributed by atoms with Crippen LogP contribution in [0.1, 0.15) is 17.0 Å². The lowest BCUT2D eigenvalue weighted by Gasteiger charge is -2.07. The maximum Gasteiger partial charge on any atom is 0.226 e. The van der Waals surface area contributed by atoms with Crippen molar-refractivity contribution in [3.8, 4) is 22.9 Å². The molecule has 4 rings (SSSR count). The smallest absolute Gasteiger partial charge is 0.226 e. The quantitative estimate of drug-likeness (QED) is 0.267. The van der Waals surface area contributed by atoms with E-state index in [1.807, 2.05) is 6.92 Å². The highest BCUT2D eigenvalue weighted by Gasteiger charge is 2.17. The Morgan fingerprint density at radius 1 is 0.970 bits per heavy atom. The van der Waals surface area contributed by atoms with Crippen LogP contribution in [0.3, 0.4) is 0 Å². The normalized spacial score (nSPS) is 11.3. The fourth-order valence-electron chi connectivity index (χ4n) is 3.21. The maximum absolute atomic E-state index is 13.2. The molecular weight excluding hydrogens is 452 g/mol. The molecule has 0 saturated carbocycles. The Morgan fingerprint density at radius 3 is 2.27 bits per heavy atom. The van der Waals surface area contributed by atoms with Gasteiger partial charge in [0.05, 0.1) is 28.2 Å². The zero-order chi connectivity index (χ0) is 23.5. The molecule has 2 aromatic carbocycles. The van der Waals surface area contributed by atoms with Crippen LogP contribution in [0.25, 0.3) is 11.3 Å². The van der Waals surface area contributed by atoms with Crippen LogP contribution in [0.4, 0.5) is 8.78 Å². The first-order valence-electron chi connectivity index (χ1n) is 9.93. The van der Waals surface area contributed by atoms with Crippen LogP contribution in [-0.2, 0) is 25.5 Å². The molecule has 0 N–H and O–H groups in total. The Labute approximate surface area is 193 Å². The average molecular weight is 472 g/mol. The van der Waals surface area contributed by atoms with Gasteiger partial charge in [-0.2, -0.15) is 10.2 Å². The average Bonchev–Trinajstić information content (AvgIpc) is 3.22. The van der Waals surface area contributed by atoms with E-state index in [2.05, 4.69) is 15.4 Å². The van der Waals surface area contributed by atoms with Crippen molar-refractivity contribution < 1.29 is 18.4 Å². The first kappa shape index (κ1) is 22.5. The van der Waals surface area contributed by atoms with E-state index in [0.29, 0.717) is 44.9 Å². The van der Waals surface area contributed by atoms with Gasteiger partial charge in [-0.25, -0.2) is 13.5 Å². The summed E-state index contributed by atoms with van der Waals surface area (Å²) < 4.78 is 35.4. The summed E-state index contributed by atoms with van der Waals surface area (Å²) >= 11 is 6.49. The van der Waals surface area contributed by atoms with Crippen LogP contribution in [0, 0.1) is 18.6 Å². The van der Waals surface area contributed by atoms with Crippen molar-refractivity contribution >= 4 is 17.8 Å². The number of aryl methyl sites for hydroxylation is 3. The largest absolute Gasteiger partial charge is 0.439 e. The predicted molar refractivity (Wildman–Crippen MR) is 120 cm³/mol. The van der Waals surface area contributed by atoms with Gasteiger partial charge >= 0.3 is 0 Å². The number of hydrogen-bond donors (Lipinski definition) is 0. The van der Waals surface area contributed by atoms with Gasteiger partial charge in [-0.15, -0.1) is 0 Å². The van der Waals surface area contributed by atoms with Crippen molar-refractivity contribution in [1.82, 2.24) is 19.6 Å². The lowest BCUT2D eigenvalue weighted by atomic mass is 10.1. The molecule has 0 bridgehead atoms. The summed E-state index contributed by atoms with van der Waals surface area (Å²) in [6.45, 7) is 1.87. The standard InChI is InChI=1S/C23H20ClF2N5O2/c1-14-19(23(31(3)28-14)33-18-10-8-17(26)9-11-18)12-27-32-13-20-21(24)22(29-30(20)2)15-4-6-16(25)7-5-15/h4-12H,13H2,1-3H3/b27-12-. The van der Waals surface area contributed by atoms with Crippen molar-refractivity contribution in [3.63, 3.8) is 0 Å². The summed E-state index contributed by atoms with van der Waals surface area (Å²) in [6, 6.07) is 11.6. The number of oxime groups is 1. The Bertz CT molecular complexity index is 1300. The maximum atomic E-state index is 13.2. The minimum atomic E-state index is -0.352. The van der Waals surface area contributed by atoms with Crippen molar-refractivity contribution in [2.24, 2.45) is 19.3 Å². The molecule has 0 amide bonds. The summed E-state index contributed by atoms with van der Waals surface area (Å²) in [6.07, 6.45) is 1.49. The number of hydrogen-bond acceptors (Lipinski definition) is 5. The summed E-state index contributed by atoms with van der Waals surface area (Å²) in [4.78, 5) is 5.46. The fourth-order valence-corrected chi connectivity index (χ4v) is 3.53. The molecule has 0 aliphatic carbocycles. The van der Waals surface area contributed by atoms with Gasteiger partial charge in [0.2, 0.25) is 5.88 Å². The topological polar surface area (TPSA) is 66.5 Å². The van der Waals surface area contributed by atoms with Crippen molar-refractivity contribution in [2.75, 3.05) is 0 Å². The molecule has 2 heterocycles. The lowest BCUT2D eigenvalue weighted by molar-refractivity contribution is 0.126. The van der Waals surface area contributed by atoms with Crippen molar-refractivity contribution in [3.05, 3.63) is 82.1 Å². The fraction of sp³-hybridized carbons (Fsp3) is 0.174. The van der Waals surface area contributed by atoms with E-state index < -0.39 is 0 Å². The third kappa shape index (κ3) is 4.88. The number of benzene rings is 2. The third-order valence-electron chi connectivity index (χ3n) is 4.92. The number of halogens is 3. The van der Waals surface area contributed by atoms with E-state index in [-0.39, 0.29) is 18.2 Å². The molecule has 0 atom stereocenters. The van der Waals surface area contributed by atoms with Crippen molar-refractivity contribution in [1.29, 1.82) is 0 Å². The van der Waals surface area contributed by atoms with Crippen LogP contribution in [0.2, 0.25) is 5.02 Å². The van der Waals surface area contributed by atoms with Gasteiger partial charge in [0, 0.05) is 19.7 Å². The summed E-state index contributed by atoms with van der Waals surface area (Å²) in [5, 5.41) is 13.2. The van der Waals surface area contributed by atoms with Gasteiger partial charge in [0.25, 0.3) is 0 Å². The minimum Gasteiger partial charge on any atom is -0.439 e. The number of nitrogens with zero attached hydrogens (tertiary/aromatic N) is 5. The Kier molecular flexibility index (Phi) is 6.41. The second-order valence-electron chi connectivity index (χ2n) is 7.23. The molecule has 0 aliphatic heterocycles. The molecule has 10 heteroatoms. The number of aromatic nitrogens is 4. The monoisotopic (exact) mass is 471 g/mol. The van der Waals surface area contributed by atoms with Gasteiger partial charge < -0.3 is 9.57 Å². The van der Waals surface area contributed by atoms with Gasteiger partial charge in [0.1, 0.15) is 23.1 Å². The molecule has 33 heavy (non-hydrogen) atoms. The van der Waals surface area contributed by atoms with Crippen LogP contribution in [-0.4, -0.2) is 25.8 Å². The highest BCUT2D eigenvalue weighted by atomic mass is 35.5. The van der Waals surface area contributed by atoms with Gasteiger partial charge in [0.15, 0.2) is 6.61 Å². The van der Waals surface area contributed by atoms with Crippen molar-refractivity contribution in [2.45, 2.75) is 13.5 Å². The van der Waals surface area contributed by atoms with E-state index in [1.54, 1.807) is 35.6 Å². The van der Waals surface area contributed by atoms with Crippen LogP contribution in [0.5, 0.6) is 11.6 Å². The molecule has 170 valence electrons. The minimum absolute atomic E-state index is 0.0630. The number of ether oxygens (including phenoxy) is 1. The first-order chi connectivity index (χ1) is 15.8. The van der Waals surface area contributed by atoms with Gasteiger partial charge in [-0.05, 0) is 55.5 Å².